The van der Waals surface area contributed by atoms with E-state index in [-0.39, 0.29) is 11.7 Å². The Kier molecular flexibility index (Phi) is 2.86. The van der Waals surface area contributed by atoms with Gasteiger partial charge in [0.1, 0.15) is 5.69 Å². The van der Waals surface area contributed by atoms with Gasteiger partial charge in [0.05, 0.1) is 11.7 Å². The molecule has 1 N–H and O–H groups in total. The molecule has 0 amide bonds. The van der Waals surface area contributed by atoms with E-state index in [1.54, 1.807) is 24.4 Å². The van der Waals surface area contributed by atoms with Gasteiger partial charge in [-0.3, -0.25) is 4.98 Å². The first kappa shape index (κ1) is 11.3. The van der Waals surface area contributed by atoms with E-state index < -0.39 is 5.97 Å². The Balaban J connectivity index is 2.56. The Morgan fingerprint density at radius 3 is 2.65 bits per heavy atom. The van der Waals surface area contributed by atoms with Crippen molar-refractivity contribution < 1.29 is 9.90 Å². The molecule has 2 aromatic rings. The summed E-state index contributed by atoms with van der Waals surface area (Å²) in [5, 5.41) is 17.2. The standard InChI is InChI=1S/C11H12N4O2/c1-7(2)15-13-9(10(14-15)11(16)17)8-5-3-4-6-12-8/h3-7H,1-2H3,(H,16,17). The molecule has 17 heavy (non-hydrogen) atoms. The van der Waals surface area contributed by atoms with Crippen molar-refractivity contribution >= 4 is 5.97 Å². The first-order valence-electron chi connectivity index (χ1n) is 5.21. The molecule has 0 aromatic carbocycles. The highest BCUT2D eigenvalue weighted by Crippen LogP contribution is 2.18. The topological polar surface area (TPSA) is 80.9 Å². The molecule has 88 valence electrons. The first-order chi connectivity index (χ1) is 8.09. The van der Waals surface area contributed by atoms with Crippen molar-refractivity contribution in [2.75, 3.05) is 0 Å². The lowest BCUT2D eigenvalue weighted by Crippen LogP contribution is -2.06. The van der Waals surface area contributed by atoms with Crippen LogP contribution in [-0.2, 0) is 0 Å². The highest BCUT2D eigenvalue weighted by Gasteiger charge is 2.20. The van der Waals surface area contributed by atoms with Crippen LogP contribution in [0, 0.1) is 0 Å². The predicted molar refractivity (Wildman–Crippen MR) is 60.6 cm³/mol. The van der Waals surface area contributed by atoms with Crippen LogP contribution in [0.1, 0.15) is 30.4 Å². The maximum absolute atomic E-state index is 11.1. The molecular weight excluding hydrogens is 220 g/mol. The second-order valence-corrected chi connectivity index (χ2v) is 3.83. The van der Waals surface area contributed by atoms with E-state index in [0.717, 1.165) is 0 Å². The van der Waals surface area contributed by atoms with Crippen LogP contribution in [0.5, 0.6) is 0 Å². The summed E-state index contributed by atoms with van der Waals surface area (Å²) in [7, 11) is 0. The summed E-state index contributed by atoms with van der Waals surface area (Å²) in [6.07, 6.45) is 1.59. The zero-order chi connectivity index (χ0) is 12.4. The number of hydrogen-bond acceptors (Lipinski definition) is 4. The van der Waals surface area contributed by atoms with Gasteiger partial charge in [-0.15, -0.1) is 5.10 Å². The van der Waals surface area contributed by atoms with Crippen molar-refractivity contribution in [3.63, 3.8) is 0 Å². The Bertz CT molecular complexity index is 534. The molecule has 0 saturated heterocycles. The number of carboxylic acids is 1. The number of aromatic carboxylic acids is 1. The van der Waals surface area contributed by atoms with Gasteiger partial charge in [0, 0.05) is 6.20 Å². The van der Waals surface area contributed by atoms with Crippen LogP contribution in [0.15, 0.2) is 24.4 Å². The minimum absolute atomic E-state index is 0.00515. The summed E-state index contributed by atoms with van der Waals surface area (Å²) < 4.78 is 0. The number of nitrogens with zero attached hydrogens (tertiary/aromatic N) is 4. The monoisotopic (exact) mass is 232 g/mol. The molecule has 2 heterocycles. The van der Waals surface area contributed by atoms with Crippen molar-refractivity contribution in [2.45, 2.75) is 19.9 Å². The Morgan fingerprint density at radius 1 is 1.35 bits per heavy atom. The fourth-order valence-electron chi connectivity index (χ4n) is 1.37. The van der Waals surface area contributed by atoms with E-state index in [0.29, 0.717) is 11.4 Å². The van der Waals surface area contributed by atoms with Crippen molar-refractivity contribution in [1.29, 1.82) is 0 Å². The quantitative estimate of drug-likeness (QED) is 0.869. The third-order valence-corrected chi connectivity index (χ3v) is 2.20. The van der Waals surface area contributed by atoms with Gasteiger partial charge in [0.15, 0.2) is 5.69 Å². The molecule has 0 aliphatic carbocycles. The normalized spacial score (nSPS) is 10.8. The van der Waals surface area contributed by atoms with Crippen LogP contribution in [0.25, 0.3) is 11.4 Å². The summed E-state index contributed by atoms with van der Waals surface area (Å²) >= 11 is 0. The molecule has 0 aliphatic heterocycles. The largest absolute Gasteiger partial charge is 0.476 e. The minimum Gasteiger partial charge on any atom is -0.476 e. The minimum atomic E-state index is -1.10. The molecule has 2 rings (SSSR count). The lowest BCUT2D eigenvalue weighted by molar-refractivity contribution is 0.0690. The number of carboxylic acid groups (broad SMARTS) is 1. The van der Waals surface area contributed by atoms with Crippen LogP contribution < -0.4 is 0 Å². The van der Waals surface area contributed by atoms with E-state index in [1.165, 1.54) is 4.80 Å². The third-order valence-electron chi connectivity index (χ3n) is 2.20. The van der Waals surface area contributed by atoms with E-state index in [9.17, 15) is 4.79 Å². The maximum Gasteiger partial charge on any atom is 0.358 e. The van der Waals surface area contributed by atoms with Gasteiger partial charge in [-0.25, -0.2) is 4.79 Å². The number of carbonyl (C=O) groups is 1. The highest BCUT2D eigenvalue weighted by atomic mass is 16.4. The number of hydrogen-bond donors (Lipinski definition) is 1. The average molecular weight is 232 g/mol. The van der Waals surface area contributed by atoms with Crippen LogP contribution in [-0.4, -0.2) is 31.1 Å². The molecule has 6 heteroatoms. The molecule has 0 saturated carbocycles. The number of aromatic nitrogens is 4. The first-order valence-corrected chi connectivity index (χ1v) is 5.21. The summed E-state index contributed by atoms with van der Waals surface area (Å²) in [5.74, 6) is -1.10. The summed E-state index contributed by atoms with van der Waals surface area (Å²) in [6.45, 7) is 3.77. The van der Waals surface area contributed by atoms with Crippen LogP contribution in [0.4, 0.5) is 0 Å². The molecule has 0 spiro atoms. The third kappa shape index (κ3) is 2.15. The van der Waals surface area contributed by atoms with E-state index in [1.807, 2.05) is 13.8 Å². The molecular formula is C11H12N4O2. The molecule has 0 radical (unpaired) electrons. The maximum atomic E-state index is 11.1. The average Bonchev–Trinajstić information content (AvgIpc) is 2.75. The lowest BCUT2D eigenvalue weighted by atomic mass is 10.2. The zero-order valence-electron chi connectivity index (χ0n) is 9.53. The fraction of sp³-hybridized carbons (Fsp3) is 0.273. The number of rotatable bonds is 3. The van der Waals surface area contributed by atoms with E-state index >= 15 is 0 Å². The number of pyridine rings is 1. The SMILES string of the molecule is CC(C)n1nc(C(=O)O)c(-c2ccccn2)n1. The molecule has 6 nitrogen and oxygen atoms in total. The van der Waals surface area contributed by atoms with Crippen LogP contribution in [0.2, 0.25) is 0 Å². The van der Waals surface area contributed by atoms with Crippen LogP contribution in [0.3, 0.4) is 0 Å². The molecule has 0 unspecified atom stereocenters. The van der Waals surface area contributed by atoms with Crippen molar-refractivity contribution in [2.24, 2.45) is 0 Å². The van der Waals surface area contributed by atoms with Crippen molar-refractivity contribution in [1.82, 2.24) is 20.0 Å². The van der Waals surface area contributed by atoms with E-state index in [2.05, 4.69) is 15.2 Å². The van der Waals surface area contributed by atoms with Gasteiger partial charge < -0.3 is 5.11 Å². The molecule has 0 bridgehead atoms. The van der Waals surface area contributed by atoms with Gasteiger partial charge in [-0.1, -0.05) is 6.07 Å². The van der Waals surface area contributed by atoms with Gasteiger partial charge in [-0.2, -0.15) is 9.90 Å². The highest BCUT2D eigenvalue weighted by molar-refractivity contribution is 5.91. The molecule has 2 aromatic heterocycles. The molecule has 0 atom stereocenters. The lowest BCUT2D eigenvalue weighted by Gasteiger charge is -2.00. The van der Waals surface area contributed by atoms with Crippen molar-refractivity contribution in [3.05, 3.63) is 30.1 Å². The van der Waals surface area contributed by atoms with Crippen molar-refractivity contribution in [3.8, 4) is 11.4 Å². The van der Waals surface area contributed by atoms with Crippen LogP contribution >= 0.6 is 0 Å². The van der Waals surface area contributed by atoms with Gasteiger partial charge in [-0.05, 0) is 26.0 Å². The molecule has 0 fully saturated rings. The fourth-order valence-corrected chi connectivity index (χ4v) is 1.37. The zero-order valence-corrected chi connectivity index (χ0v) is 9.53. The second-order valence-electron chi connectivity index (χ2n) is 3.83. The predicted octanol–water partition coefficient (Wildman–Crippen LogP) is 1.62. The smallest absolute Gasteiger partial charge is 0.358 e. The van der Waals surface area contributed by atoms with Gasteiger partial charge >= 0.3 is 5.97 Å². The van der Waals surface area contributed by atoms with Gasteiger partial charge in [0.2, 0.25) is 0 Å². The second kappa shape index (κ2) is 4.32. The Morgan fingerprint density at radius 2 is 2.12 bits per heavy atom. The van der Waals surface area contributed by atoms with Gasteiger partial charge in [0.25, 0.3) is 0 Å². The summed E-state index contributed by atoms with van der Waals surface area (Å²) in [5.41, 5.74) is 0.737. The van der Waals surface area contributed by atoms with E-state index in [4.69, 9.17) is 5.11 Å². The Hall–Kier alpha value is -2.24. The Labute approximate surface area is 97.9 Å². The summed E-state index contributed by atoms with van der Waals surface area (Å²) in [4.78, 5) is 16.6. The summed E-state index contributed by atoms with van der Waals surface area (Å²) in [6, 6.07) is 5.26. The molecule has 0 aliphatic rings.